The summed E-state index contributed by atoms with van der Waals surface area (Å²) in [7, 11) is 3.45. The molecule has 0 aliphatic carbocycles. The highest BCUT2D eigenvalue weighted by atomic mass is 32.1. The number of aryl methyl sites for hydroxylation is 2. The summed E-state index contributed by atoms with van der Waals surface area (Å²) < 4.78 is 0. The first-order chi connectivity index (χ1) is 11.4. The SMILES string of the molecule is Cc1csc(CCCNC(=O)c2ccc(N(C)C)c([N+](=O)[O-])c2)n1. The van der Waals surface area contributed by atoms with Crippen molar-refractivity contribution in [2.45, 2.75) is 19.8 Å². The van der Waals surface area contributed by atoms with E-state index in [1.165, 1.54) is 6.07 Å². The van der Waals surface area contributed by atoms with E-state index >= 15 is 0 Å². The van der Waals surface area contributed by atoms with Crippen LogP contribution in [0, 0.1) is 17.0 Å². The van der Waals surface area contributed by atoms with Gasteiger partial charge in [-0.3, -0.25) is 14.9 Å². The van der Waals surface area contributed by atoms with Crippen molar-refractivity contribution in [1.29, 1.82) is 0 Å². The molecule has 0 bridgehead atoms. The first-order valence-electron chi connectivity index (χ1n) is 7.53. The number of aromatic nitrogens is 1. The fourth-order valence-corrected chi connectivity index (χ4v) is 3.07. The first-order valence-corrected chi connectivity index (χ1v) is 8.41. The van der Waals surface area contributed by atoms with E-state index in [-0.39, 0.29) is 17.2 Å². The van der Waals surface area contributed by atoms with Crippen LogP contribution in [0.5, 0.6) is 0 Å². The molecule has 0 saturated carbocycles. The molecule has 0 spiro atoms. The van der Waals surface area contributed by atoms with E-state index in [1.807, 2.05) is 12.3 Å². The van der Waals surface area contributed by atoms with Crippen LogP contribution in [0.3, 0.4) is 0 Å². The maximum absolute atomic E-state index is 12.2. The van der Waals surface area contributed by atoms with Gasteiger partial charge in [-0.2, -0.15) is 0 Å². The summed E-state index contributed by atoms with van der Waals surface area (Å²) in [6, 6.07) is 4.50. The molecule has 2 aromatic rings. The third kappa shape index (κ3) is 4.51. The molecule has 0 saturated heterocycles. The quantitative estimate of drug-likeness (QED) is 0.472. The standard InChI is InChI=1S/C16H20N4O3S/c1-11-10-24-15(18-11)5-4-8-17-16(21)12-6-7-13(19(2)3)14(9-12)20(22)23/h6-7,9-10H,4-5,8H2,1-3H3,(H,17,21). The minimum atomic E-state index is -0.475. The number of hydrogen-bond donors (Lipinski definition) is 1. The third-order valence-electron chi connectivity index (χ3n) is 3.44. The molecular formula is C16H20N4O3S. The molecule has 0 fully saturated rings. The summed E-state index contributed by atoms with van der Waals surface area (Å²) in [5, 5.41) is 17.0. The lowest BCUT2D eigenvalue weighted by atomic mass is 10.1. The van der Waals surface area contributed by atoms with Crippen LogP contribution in [-0.2, 0) is 6.42 Å². The van der Waals surface area contributed by atoms with Crippen molar-refractivity contribution in [1.82, 2.24) is 10.3 Å². The number of nitro benzene ring substituents is 1. The van der Waals surface area contributed by atoms with Crippen molar-refractivity contribution >= 4 is 28.6 Å². The number of amides is 1. The second-order valence-electron chi connectivity index (χ2n) is 5.60. The molecule has 0 aliphatic heterocycles. The van der Waals surface area contributed by atoms with Crippen molar-refractivity contribution in [3.05, 3.63) is 50.0 Å². The minimum Gasteiger partial charge on any atom is -0.372 e. The Morgan fingerprint density at radius 3 is 2.75 bits per heavy atom. The highest BCUT2D eigenvalue weighted by Crippen LogP contribution is 2.27. The van der Waals surface area contributed by atoms with Gasteiger partial charge in [-0.05, 0) is 25.5 Å². The van der Waals surface area contributed by atoms with Gasteiger partial charge in [0.1, 0.15) is 5.69 Å². The van der Waals surface area contributed by atoms with Crippen LogP contribution in [0.15, 0.2) is 23.6 Å². The Bertz CT molecular complexity index is 743. The summed E-state index contributed by atoms with van der Waals surface area (Å²) in [4.78, 5) is 28.9. The van der Waals surface area contributed by atoms with Gasteiger partial charge >= 0.3 is 0 Å². The molecule has 2 rings (SSSR count). The van der Waals surface area contributed by atoms with Gasteiger partial charge in [-0.15, -0.1) is 11.3 Å². The minimum absolute atomic E-state index is 0.0779. The normalized spacial score (nSPS) is 10.5. The van der Waals surface area contributed by atoms with Crippen molar-refractivity contribution in [2.24, 2.45) is 0 Å². The molecule has 0 radical (unpaired) electrons. The Morgan fingerprint density at radius 1 is 1.42 bits per heavy atom. The molecule has 24 heavy (non-hydrogen) atoms. The zero-order valence-electron chi connectivity index (χ0n) is 13.9. The van der Waals surface area contributed by atoms with Gasteiger partial charge in [-0.1, -0.05) is 0 Å². The van der Waals surface area contributed by atoms with Crippen LogP contribution in [-0.4, -0.2) is 36.5 Å². The second kappa shape index (κ2) is 7.87. The average molecular weight is 348 g/mol. The maximum Gasteiger partial charge on any atom is 0.293 e. The zero-order chi connectivity index (χ0) is 17.7. The summed E-state index contributed by atoms with van der Waals surface area (Å²) in [6.07, 6.45) is 1.58. The van der Waals surface area contributed by atoms with Crippen LogP contribution in [0.4, 0.5) is 11.4 Å². The molecule has 1 heterocycles. The molecule has 1 aromatic heterocycles. The fraction of sp³-hybridized carbons (Fsp3) is 0.375. The van der Waals surface area contributed by atoms with E-state index < -0.39 is 4.92 Å². The molecule has 1 aromatic carbocycles. The van der Waals surface area contributed by atoms with Crippen LogP contribution < -0.4 is 10.2 Å². The molecule has 1 amide bonds. The molecular weight excluding hydrogens is 328 g/mol. The highest BCUT2D eigenvalue weighted by molar-refractivity contribution is 7.09. The summed E-state index contributed by atoms with van der Waals surface area (Å²) >= 11 is 1.61. The lowest BCUT2D eigenvalue weighted by Crippen LogP contribution is -2.25. The number of benzene rings is 1. The number of thiazole rings is 1. The number of anilines is 1. The highest BCUT2D eigenvalue weighted by Gasteiger charge is 2.18. The molecule has 128 valence electrons. The molecule has 8 heteroatoms. The smallest absolute Gasteiger partial charge is 0.293 e. The third-order valence-corrected chi connectivity index (χ3v) is 4.46. The number of nitrogens with zero attached hydrogens (tertiary/aromatic N) is 3. The van der Waals surface area contributed by atoms with Gasteiger partial charge in [-0.25, -0.2) is 4.98 Å². The lowest BCUT2D eigenvalue weighted by Gasteiger charge is -2.13. The Kier molecular flexibility index (Phi) is 5.86. The number of hydrogen-bond acceptors (Lipinski definition) is 6. The first kappa shape index (κ1) is 17.9. The van der Waals surface area contributed by atoms with E-state index in [0.717, 1.165) is 23.5 Å². The van der Waals surface area contributed by atoms with Gasteiger partial charge in [0.15, 0.2) is 0 Å². The van der Waals surface area contributed by atoms with Crippen LogP contribution in [0.25, 0.3) is 0 Å². The summed E-state index contributed by atoms with van der Waals surface area (Å²) in [5.41, 5.74) is 1.69. The topological polar surface area (TPSA) is 88.4 Å². The zero-order valence-corrected chi connectivity index (χ0v) is 14.7. The molecule has 0 unspecified atom stereocenters. The molecule has 1 N–H and O–H groups in total. The summed E-state index contributed by atoms with van der Waals surface area (Å²) in [6.45, 7) is 2.45. The van der Waals surface area contributed by atoms with Crippen molar-refractivity contribution in [3.63, 3.8) is 0 Å². The maximum atomic E-state index is 12.2. The predicted octanol–water partition coefficient (Wildman–Crippen LogP) is 2.79. The largest absolute Gasteiger partial charge is 0.372 e. The summed E-state index contributed by atoms with van der Waals surface area (Å²) in [5.74, 6) is -0.307. The Morgan fingerprint density at radius 2 is 2.17 bits per heavy atom. The predicted molar refractivity (Wildman–Crippen MR) is 94.9 cm³/mol. The van der Waals surface area contributed by atoms with Gasteiger partial charge in [0.25, 0.3) is 11.6 Å². The Balaban J connectivity index is 1.94. The molecule has 0 atom stereocenters. The number of nitrogens with one attached hydrogen (secondary N) is 1. The number of rotatable bonds is 7. The number of nitro groups is 1. The van der Waals surface area contributed by atoms with Gasteiger partial charge in [0.05, 0.1) is 9.93 Å². The number of carbonyl (C=O) groups is 1. The van der Waals surface area contributed by atoms with Gasteiger partial charge < -0.3 is 10.2 Å². The molecule has 0 aliphatic rings. The van der Waals surface area contributed by atoms with Crippen LogP contribution in [0.2, 0.25) is 0 Å². The van der Waals surface area contributed by atoms with E-state index in [2.05, 4.69) is 10.3 Å². The average Bonchev–Trinajstić information content (AvgIpc) is 2.96. The second-order valence-corrected chi connectivity index (χ2v) is 6.54. The van der Waals surface area contributed by atoms with E-state index in [9.17, 15) is 14.9 Å². The Hall–Kier alpha value is -2.48. The van der Waals surface area contributed by atoms with Gasteiger partial charge in [0, 0.05) is 49.8 Å². The Labute approximate surface area is 144 Å². The van der Waals surface area contributed by atoms with E-state index in [1.54, 1.807) is 42.5 Å². The number of carbonyl (C=O) groups excluding carboxylic acids is 1. The van der Waals surface area contributed by atoms with Crippen LogP contribution in [0.1, 0.15) is 27.5 Å². The van der Waals surface area contributed by atoms with Crippen LogP contribution >= 0.6 is 11.3 Å². The van der Waals surface area contributed by atoms with Crippen molar-refractivity contribution in [3.8, 4) is 0 Å². The monoisotopic (exact) mass is 348 g/mol. The van der Waals surface area contributed by atoms with E-state index in [4.69, 9.17) is 0 Å². The van der Waals surface area contributed by atoms with Crippen molar-refractivity contribution < 1.29 is 9.72 Å². The fourth-order valence-electron chi connectivity index (χ4n) is 2.25. The van der Waals surface area contributed by atoms with E-state index in [0.29, 0.717) is 12.2 Å². The van der Waals surface area contributed by atoms with Gasteiger partial charge in [0.2, 0.25) is 0 Å². The molecule has 7 nitrogen and oxygen atoms in total. The lowest BCUT2D eigenvalue weighted by molar-refractivity contribution is -0.384. The van der Waals surface area contributed by atoms with Crippen molar-refractivity contribution in [2.75, 3.05) is 25.5 Å².